The highest BCUT2D eigenvalue weighted by Gasteiger charge is 2.60. The molecular formula is C23H26ClFN6O3. The highest BCUT2D eigenvalue weighted by Crippen LogP contribution is 2.47. The van der Waals surface area contributed by atoms with Gasteiger partial charge in [-0.15, -0.1) is 10.2 Å². The smallest absolute Gasteiger partial charge is 0.410 e. The van der Waals surface area contributed by atoms with Crippen molar-refractivity contribution in [1.82, 2.24) is 24.6 Å². The van der Waals surface area contributed by atoms with Crippen LogP contribution in [0.25, 0.3) is 5.69 Å². The van der Waals surface area contributed by atoms with Crippen molar-refractivity contribution in [3.8, 4) is 5.69 Å². The molecule has 11 heteroatoms. The summed E-state index contributed by atoms with van der Waals surface area (Å²) in [5, 5.41) is 9.44. The molecule has 9 nitrogen and oxygen atoms in total. The van der Waals surface area contributed by atoms with Gasteiger partial charge < -0.3 is 14.5 Å². The van der Waals surface area contributed by atoms with Gasteiger partial charge in [0.15, 0.2) is 11.5 Å². The molecule has 0 bridgehead atoms. The molecule has 3 fully saturated rings. The molecule has 3 aliphatic heterocycles. The molecule has 2 aromatic rings. The Labute approximate surface area is 201 Å². The number of hydrogen-bond acceptors (Lipinski definition) is 6. The second kappa shape index (κ2) is 7.31. The maximum absolute atomic E-state index is 14.1. The first-order valence-electron chi connectivity index (χ1n) is 11.6. The van der Waals surface area contributed by atoms with Crippen LogP contribution in [0.5, 0.6) is 0 Å². The lowest BCUT2D eigenvalue weighted by atomic mass is 9.72. The SMILES string of the molecule is CC(C)OC(=O)N1Cc2cc(Cl)ccc2-n2c(nnc2N2CC3(CN(C(=O)C4(F)CC4)C3)C2)C1. The second-order valence-corrected chi connectivity index (χ2v) is 10.7. The number of carbonyl (C=O) groups is 2. The minimum Gasteiger partial charge on any atom is -0.447 e. The van der Waals surface area contributed by atoms with Crippen LogP contribution in [-0.4, -0.2) is 74.5 Å². The predicted octanol–water partition coefficient (Wildman–Crippen LogP) is 2.93. The van der Waals surface area contributed by atoms with Crippen molar-refractivity contribution in [3.05, 3.63) is 34.6 Å². The van der Waals surface area contributed by atoms with Gasteiger partial charge in [0.25, 0.3) is 5.91 Å². The number of likely N-dealkylation sites (tertiary alicyclic amines) is 1. The molecule has 4 aliphatic rings. The molecule has 1 aliphatic carbocycles. The fraction of sp³-hybridized carbons (Fsp3) is 0.565. The summed E-state index contributed by atoms with van der Waals surface area (Å²) in [5.41, 5.74) is 0.122. The zero-order valence-corrected chi connectivity index (χ0v) is 19.9. The van der Waals surface area contributed by atoms with Crippen LogP contribution in [0.3, 0.4) is 0 Å². The largest absolute Gasteiger partial charge is 0.447 e. The van der Waals surface area contributed by atoms with Gasteiger partial charge in [-0.3, -0.25) is 14.3 Å². The minimum atomic E-state index is -1.61. The van der Waals surface area contributed by atoms with Crippen molar-refractivity contribution < 1.29 is 18.7 Å². The summed E-state index contributed by atoms with van der Waals surface area (Å²) in [4.78, 5) is 30.3. The van der Waals surface area contributed by atoms with Gasteiger partial charge >= 0.3 is 6.09 Å². The lowest BCUT2D eigenvalue weighted by molar-refractivity contribution is -0.152. The van der Waals surface area contributed by atoms with Crippen molar-refractivity contribution in [2.24, 2.45) is 5.41 Å². The highest BCUT2D eigenvalue weighted by molar-refractivity contribution is 6.30. The highest BCUT2D eigenvalue weighted by atomic mass is 35.5. The maximum atomic E-state index is 14.1. The minimum absolute atomic E-state index is 0.0199. The van der Waals surface area contributed by atoms with Gasteiger partial charge in [-0.25, -0.2) is 9.18 Å². The molecule has 4 heterocycles. The van der Waals surface area contributed by atoms with Crippen LogP contribution < -0.4 is 4.90 Å². The number of aromatic nitrogens is 3. The molecule has 0 radical (unpaired) electrons. The number of rotatable bonds is 3. The van der Waals surface area contributed by atoms with Crippen LogP contribution >= 0.6 is 11.6 Å². The lowest BCUT2D eigenvalue weighted by Crippen LogP contribution is -2.74. The first kappa shape index (κ1) is 21.6. The second-order valence-electron chi connectivity index (χ2n) is 10.3. The number of nitrogens with zero attached hydrogens (tertiary/aromatic N) is 6. The van der Waals surface area contributed by atoms with E-state index in [2.05, 4.69) is 15.1 Å². The summed E-state index contributed by atoms with van der Waals surface area (Å²) in [6.45, 7) is 6.82. The number of hydrogen-bond donors (Lipinski definition) is 0. The Bertz CT molecular complexity index is 1180. The van der Waals surface area contributed by atoms with E-state index in [-0.39, 0.29) is 24.0 Å². The van der Waals surface area contributed by atoms with E-state index in [0.29, 0.717) is 49.3 Å². The van der Waals surface area contributed by atoms with E-state index in [0.717, 1.165) is 24.3 Å². The molecule has 1 aromatic carbocycles. The summed E-state index contributed by atoms with van der Waals surface area (Å²) >= 11 is 6.28. The number of ether oxygens (including phenoxy) is 1. The standard InChI is InChI=1S/C23H26ClFN6O3/c1-14(2)34-21(33)28-8-15-7-16(24)3-4-17(15)31-18(9-28)26-27-20(31)30-12-22(13-30)10-29(11-22)19(32)23(25)5-6-23/h3-4,7,14H,5-6,8-13H2,1-2H3. The van der Waals surface area contributed by atoms with E-state index in [9.17, 15) is 14.0 Å². The number of carbonyl (C=O) groups excluding carboxylic acids is 2. The molecule has 1 aromatic heterocycles. The summed E-state index contributed by atoms with van der Waals surface area (Å²) in [5.74, 6) is 0.973. The molecule has 180 valence electrons. The van der Waals surface area contributed by atoms with Crippen molar-refractivity contribution in [2.75, 3.05) is 31.1 Å². The van der Waals surface area contributed by atoms with Gasteiger partial charge in [0, 0.05) is 36.6 Å². The summed E-state index contributed by atoms with van der Waals surface area (Å²) in [6, 6.07) is 5.58. The zero-order chi connectivity index (χ0) is 23.8. The number of alkyl halides is 1. The van der Waals surface area contributed by atoms with Gasteiger partial charge in [0.1, 0.15) is 0 Å². The van der Waals surface area contributed by atoms with Crippen LogP contribution in [0.4, 0.5) is 15.1 Å². The van der Waals surface area contributed by atoms with E-state index in [1.165, 1.54) is 0 Å². The fourth-order valence-corrected chi connectivity index (χ4v) is 5.41. The first-order chi connectivity index (χ1) is 16.2. The lowest BCUT2D eigenvalue weighted by Gasteiger charge is -2.60. The molecule has 0 atom stereocenters. The van der Waals surface area contributed by atoms with Gasteiger partial charge in [0.05, 0.1) is 24.9 Å². The third kappa shape index (κ3) is 3.41. The van der Waals surface area contributed by atoms with E-state index < -0.39 is 11.8 Å². The fourth-order valence-electron chi connectivity index (χ4n) is 5.22. The number of halogens is 2. The number of fused-ring (bicyclic) bond motifs is 3. The van der Waals surface area contributed by atoms with E-state index in [4.69, 9.17) is 16.3 Å². The maximum Gasteiger partial charge on any atom is 0.410 e. The van der Waals surface area contributed by atoms with Crippen LogP contribution in [0.1, 0.15) is 38.1 Å². The average Bonchev–Trinajstić information content (AvgIpc) is 3.38. The average molecular weight is 489 g/mol. The molecular weight excluding hydrogens is 463 g/mol. The molecule has 0 unspecified atom stereocenters. The summed E-state index contributed by atoms with van der Waals surface area (Å²) in [6.07, 6.45) is 0.0422. The first-order valence-corrected chi connectivity index (χ1v) is 12.0. The third-order valence-electron chi connectivity index (χ3n) is 7.03. The van der Waals surface area contributed by atoms with Crippen molar-refractivity contribution in [3.63, 3.8) is 0 Å². The number of amides is 2. The van der Waals surface area contributed by atoms with Crippen molar-refractivity contribution in [1.29, 1.82) is 0 Å². The van der Waals surface area contributed by atoms with Crippen molar-refractivity contribution >= 4 is 29.5 Å². The quantitative estimate of drug-likeness (QED) is 0.660. The normalized spacial score (nSPS) is 21.4. The molecule has 1 saturated carbocycles. The summed E-state index contributed by atoms with van der Waals surface area (Å²) < 4.78 is 21.5. The zero-order valence-electron chi connectivity index (χ0n) is 19.1. The Morgan fingerprint density at radius 3 is 2.50 bits per heavy atom. The Morgan fingerprint density at radius 1 is 1.09 bits per heavy atom. The topological polar surface area (TPSA) is 83.8 Å². The van der Waals surface area contributed by atoms with E-state index >= 15 is 0 Å². The Morgan fingerprint density at radius 2 is 1.82 bits per heavy atom. The van der Waals surface area contributed by atoms with E-state index in [1.54, 1.807) is 9.80 Å². The molecule has 2 saturated heterocycles. The van der Waals surface area contributed by atoms with Gasteiger partial charge in [-0.1, -0.05) is 11.6 Å². The predicted molar refractivity (Wildman–Crippen MR) is 122 cm³/mol. The third-order valence-corrected chi connectivity index (χ3v) is 7.27. The van der Waals surface area contributed by atoms with Gasteiger partial charge in [-0.05, 0) is 50.5 Å². The summed E-state index contributed by atoms with van der Waals surface area (Å²) in [7, 11) is 0. The van der Waals surface area contributed by atoms with Crippen molar-refractivity contribution in [2.45, 2.75) is 51.6 Å². The van der Waals surface area contributed by atoms with Gasteiger partial charge in [0.2, 0.25) is 5.95 Å². The number of benzene rings is 1. The van der Waals surface area contributed by atoms with Gasteiger partial charge in [-0.2, -0.15) is 0 Å². The monoisotopic (exact) mass is 488 g/mol. The molecule has 34 heavy (non-hydrogen) atoms. The van der Waals surface area contributed by atoms with Crippen LogP contribution in [0.2, 0.25) is 5.02 Å². The molecule has 0 N–H and O–H groups in total. The van der Waals surface area contributed by atoms with Crippen LogP contribution in [-0.2, 0) is 22.6 Å². The number of anilines is 1. The van der Waals surface area contributed by atoms with E-state index in [1.807, 2.05) is 36.6 Å². The van der Waals surface area contributed by atoms with Crippen LogP contribution in [0, 0.1) is 5.41 Å². The Balaban J connectivity index is 1.24. The van der Waals surface area contributed by atoms with Crippen LogP contribution in [0.15, 0.2) is 18.2 Å². The molecule has 6 rings (SSSR count). The molecule has 1 spiro atoms. The molecule has 2 amide bonds. The Hall–Kier alpha value is -2.88. The Kier molecular flexibility index (Phi) is 4.65.